The second-order valence-electron chi connectivity index (χ2n) is 5.27. The van der Waals surface area contributed by atoms with Crippen molar-refractivity contribution >= 4 is 21.6 Å². The summed E-state index contributed by atoms with van der Waals surface area (Å²) in [6.45, 7) is 0.333. The summed E-state index contributed by atoms with van der Waals surface area (Å²) < 4.78 is 24.9. The molecule has 2 aromatic heterocycles. The van der Waals surface area contributed by atoms with Gasteiger partial charge in [0.2, 0.25) is 9.84 Å². The van der Waals surface area contributed by atoms with Gasteiger partial charge in [-0.2, -0.15) is 0 Å². The number of sulfone groups is 1. The summed E-state index contributed by atoms with van der Waals surface area (Å²) in [5.74, 6) is 0. The Kier molecular flexibility index (Phi) is 5.18. The van der Waals surface area contributed by atoms with E-state index in [1.54, 1.807) is 18.5 Å². The van der Waals surface area contributed by atoms with Gasteiger partial charge in [0.15, 0.2) is 0 Å². The lowest BCUT2D eigenvalue weighted by molar-refractivity contribution is 0.251. The van der Waals surface area contributed by atoms with Crippen LogP contribution < -0.4 is 10.6 Å². The number of urea groups is 1. The first-order valence-corrected chi connectivity index (χ1v) is 9.08. The van der Waals surface area contributed by atoms with Gasteiger partial charge in [0.05, 0.1) is 4.90 Å². The molecule has 9 heteroatoms. The molecule has 0 unspecified atom stereocenters. The minimum Gasteiger partial charge on any atom is -0.334 e. The number of aromatic nitrogens is 3. The van der Waals surface area contributed by atoms with E-state index in [0.29, 0.717) is 12.2 Å². The summed E-state index contributed by atoms with van der Waals surface area (Å²) in [7, 11) is -3.69. The molecule has 3 aromatic rings. The van der Waals surface area contributed by atoms with Crippen molar-refractivity contribution in [3.8, 4) is 0 Å². The fourth-order valence-electron chi connectivity index (χ4n) is 2.14. The van der Waals surface area contributed by atoms with Crippen LogP contribution in [0.1, 0.15) is 6.99 Å². The van der Waals surface area contributed by atoms with Crippen molar-refractivity contribution < 1.29 is 14.6 Å². The highest BCUT2D eigenvalue weighted by Crippen LogP contribution is 2.21. The molecular weight excluding hydrogens is 354 g/mol. The molecule has 0 spiro atoms. The maximum atomic E-state index is 12.4. The van der Waals surface area contributed by atoms with Crippen LogP contribution in [0.5, 0.6) is 0 Å². The molecule has 0 aliphatic rings. The third-order valence-electron chi connectivity index (χ3n) is 3.45. The van der Waals surface area contributed by atoms with Gasteiger partial charge in [0.25, 0.3) is 0 Å². The second kappa shape index (κ2) is 7.70. The molecule has 2 amide bonds. The predicted molar refractivity (Wildman–Crippen MR) is 96.1 cm³/mol. The number of amides is 2. The number of benzene rings is 1. The first kappa shape index (κ1) is 17.5. The summed E-state index contributed by atoms with van der Waals surface area (Å²) in [6, 6.07) is 9.09. The van der Waals surface area contributed by atoms with E-state index in [9.17, 15) is 13.2 Å². The molecule has 0 radical (unpaired) electrons. The van der Waals surface area contributed by atoms with E-state index in [-0.39, 0.29) is 11.2 Å². The minimum absolute atomic E-state index is 0. The highest BCUT2D eigenvalue weighted by Gasteiger charge is 2.18. The third-order valence-corrected chi connectivity index (χ3v) is 5.17. The third kappa shape index (κ3) is 4.19. The van der Waals surface area contributed by atoms with Crippen molar-refractivity contribution in [2.45, 2.75) is 16.3 Å². The normalized spacial score (nSPS) is 10.9. The van der Waals surface area contributed by atoms with E-state index >= 15 is 0 Å². The van der Waals surface area contributed by atoms with Crippen molar-refractivity contribution in [3.63, 3.8) is 0 Å². The molecule has 0 saturated heterocycles. The molecule has 134 valence electrons. The Hall–Kier alpha value is -3.33. The minimum atomic E-state index is -3.69. The number of anilines is 1. The molecule has 1 aromatic carbocycles. The fourth-order valence-corrected chi connectivity index (χ4v) is 3.30. The van der Waals surface area contributed by atoms with Crippen LogP contribution in [0.2, 0.25) is 0 Å². The molecule has 0 aliphatic carbocycles. The molecule has 2 N–H and O–H groups in total. The Morgan fingerprint density at radius 2 is 1.69 bits per heavy atom. The SMILES string of the molecule is O=C(NCc1cccnc1)Nc1ccc(S(=O)(=O)c2cncnc2)cc1.[HH]. The van der Waals surface area contributed by atoms with Gasteiger partial charge in [-0.3, -0.25) is 4.98 Å². The molecule has 0 saturated carbocycles. The summed E-state index contributed by atoms with van der Waals surface area (Å²) in [6.07, 6.45) is 7.05. The smallest absolute Gasteiger partial charge is 0.319 e. The zero-order chi connectivity index (χ0) is 18.4. The van der Waals surface area contributed by atoms with Gasteiger partial charge < -0.3 is 10.6 Å². The summed E-state index contributed by atoms with van der Waals surface area (Å²) in [5.41, 5.74) is 1.34. The number of pyridine rings is 1. The Morgan fingerprint density at radius 3 is 2.35 bits per heavy atom. The fraction of sp³-hybridized carbons (Fsp3) is 0.0588. The van der Waals surface area contributed by atoms with Crippen molar-refractivity contribution in [3.05, 3.63) is 73.1 Å². The van der Waals surface area contributed by atoms with E-state index in [1.165, 1.54) is 43.0 Å². The zero-order valence-electron chi connectivity index (χ0n) is 13.5. The number of carbonyl (C=O) groups is 1. The standard InChI is InChI=1S/C17H15N5O3S.H2/c23-17(21-9-13-2-1-7-18-8-13)22-14-3-5-15(6-4-14)26(24,25)16-10-19-12-20-11-16;/h1-8,10-12H,9H2,(H2,21,22,23);1H. The van der Waals surface area contributed by atoms with Gasteiger partial charge >= 0.3 is 6.03 Å². The molecule has 0 fully saturated rings. The molecule has 26 heavy (non-hydrogen) atoms. The van der Waals surface area contributed by atoms with Crippen LogP contribution >= 0.6 is 0 Å². The average Bonchev–Trinajstić information content (AvgIpc) is 2.68. The van der Waals surface area contributed by atoms with Crippen molar-refractivity contribution in [2.75, 3.05) is 5.32 Å². The highest BCUT2D eigenvalue weighted by atomic mass is 32.2. The zero-order valence-corrected chi connectivity index (χ0v) is 14.3. The van der Waals surface area contributed by atoms with Crippen molar-refractivity contribution in [2.24, 2.45) is 0 Å². The van der Waals surface area contributed by atoms with E-state index in [0.717, 1.165) is 5.56 Å². The maximum absolute atomic E-state index is 12.4. The van der Waals surface area contributed by atoms with Gasteiger partial charge in [0, 0.05) is 38.4 Å². The Labute approximate surface area is 151 Å². The number of nitrogens with one attached hydrogen (secondary N) is 2. The van der Waals surface area contributed by atoms with Gasteiger partial charge in [-0.25, -0.2) is 23.2 Å². The summed E-state index contributed by atoms with van der Waals surface area (Å²) >= 11 is 0. The number of hydrogen-bond acceptors (Lipinski definition) is 6. The van der Waals surface area contributed by atoms with E-state index < -0.39 is 15.9 Å². The predicted octanol–water partition coefficient (Wildman–Crippen LogP) is 2.27. The quantitative estimate of drug-likeness (QED) is 0.711. The Morgan fingerprint density at radius 1 is 0.962 bits per heavy atom. The molecule has 0 bridgehead atoms. The lowest BCUT2D eigenvalue weighted by atomic mass is 10.3. The second-order valence-corrected chi connectivity index (χ2v) is 7.22. The van der Waals surface area contributed by atoms with Gasteiger partial charge in [0.1, 0.15) is 11.2 Å². The molecule has 3 rings (SSSR count). The van der Waals surface area contributed by atoms with Crippen LogP contribution in [0.3, 0.4) is 0 Å². The number of hydrogen-bond donors (Lipinski definition) is 2. The van der Waals surface area contributed by atoms with Crippen LogP contribution in [-0.4, -0.2) is 29.4 Å². The molecular formula is C17H17N5O3S. The molecule has 8 nitrogen and oxygen atoms in total. The first-order valence-electron chi connectivity index (χ1n) is 7.59. The Bertz CT molecular complexity index is 984. The van der Waals surface area contributed by atoms with Crippen LogP contribution in [0.4, 0.5) is 10.5 Å². The molecule has 0 aliphatic heterocycles. The number of carbonyl (C=O) groups excluding carboxylic acids is 1. The topological polar surface area (TPSA) is 114 Å². The van der Waals surface area contributed by atoms with Gasteiger partial charge in [-0.1, -0.05) is 6.07 Å². The van der Waals surface area contributed by atoms with Crippen LogP contribution in [0.15, 0.2) is 77.3 Å². The maximum Gasteiger partial charge on any atom is 0.319 e. The molecule has 2 heterocycles. The lowest BCUT2D eigenvalue weighted by Crippen LogP contribution is -2.28. The van der Waals surface area contributed by atoms with Crippen molar-refractivity contribution in [1.29, 1.82) is 0 Å². The van der Waals surface area contributed by atoms with Crippen LogP contribution in [0.25, 0.3) is 0 Å². The number of nitrogens with zero attached hydrogens (tertiary/aromatic N) is 3. The summed E-state index contributed by atoms with van der Waals surface area (Å²) in [4.78, 5) is 23.4. The summed E-state index contributed by atoms with van der Waals surface area (Å²) in [5, 5.41) is 5.33. The van der Waals surface area contributed by atoms with Crippen molar-refractivity contribution in [1.82, 2.24) is 20.3 Å². The van der Waals surface area contributed by atoms with E-state index in [2.05, 4.69) is 25.6 Å². The Balaban J connectivity index is 0.00000261. The highest BCUT2D eigenvalue weighted by molar-refractivity contribution is 7.91. The van der Waals surface area contributed by atoms with Gasteiger partial charge in [-0.15, -0.1) is 0 Å². The van der Waals surface area contributed by atoms with Gasteiger partial charge in [-0.05, 0) is 35.9 Å². The van der Waals surface area contributed by atoms with Crippen LogP contribution in [-0.2, 0) is 16.4 Å². The monoisotopic (exact) mass is 371 g/mol. The largest absolute Gasteiger partial charge is 0.334 e. The van der Waals surface area contributed by atoms with Crippen LogP contribution in [0, 0.1) is 0 Å². The molecule has 0 atom stereocenters. The lowest BCUT2D eigenvalue weighted by Gasteiger charge is -2.09. The number of rotatable bonds is 5. The van der Waals surface area contributed by atoms with E-state index in [4.69, 9.17) is 0 Å². The van der Waals surface area contributed by atoms with E-state index in [1.807, 2.05) is 6.07 Å². The average molecular weight is 371 g/mol. The first-order chi connectivity index (χ1) is 12.6.